The third kappa shape index (κ3) is 3.12. The molecule has 0 aromatic carbocycles. The summed E-state index contributed by atoms with van der Waals surface area (Å²) < 4.78 is 4.79. The van der Waals surface area contributed by atoms with Crippen molar-refractivity contribution in [1.82, 2.24) is 0 Å². The Morgan fingerprint density at radius 1 is 1.27 bits per heavy atom. The van der Waals surface area contributed by atoms with Crippen molar-refractivity contribution in [3.05, 3.63) is 23.0 Å². The van der Waals surface area contributed by atoms with E-state index in [1.807, 2.05) is 0 Å². The van der Waals surface area contributed by atoms with E-state index in [1.54, 1.807) is 26.8 Å². The molecule has 0 radical (unpaired) electrons. The molecule has 0 aromatic rings. The lowest BCUT2D eigenvalue weighted by atomic mass is 10.3. The lowest BCUT2D eigenvalue weighted by Crippen LogP contribution is -2.12. The standard InChI is InChI=1S/C10H12O5/c1-4-6(2)9(11)14-15-10(12)7(3)8-5-13-8/h4H,5H2,1-3H3/b6-4+,8-7-. The zero-order valence-corrected chi connectivity index (χ0v) is 8.83. The largest absolute Gasteiger partial charge is 0.486 e. The number of hydrogen-bond donors (Lipinski definition) is 0. The summed E-state index contributed by atoms with van der Waals surface area (Å²) in [4.78, 5) is 30.9. The summed E-state index contributed by atoms with van der Waals surface area (Å²) in [5.41, 5.74) is 0.691. The molecule has 0 N–H and O–H groups in total. The van der Waals surface area contributed by atoms with Crippen molar-refractivity contribution in [3.63, 3.8) is 0 Å². The summed E-state index contributed by atoms with van der Waals surface area (Å²) in [5, 5.41) is 0. The van der Waals surface area contributed by atoms with Crippen LogP contribution in [0.25, 0.3) is 0 Å². The molecule has 1 aliphatic heterocycles. The topological polar surface area (TPSA) is 65.1 Å². The van der Waals surface area contributed by atoms with Gasteiger partial charge < -0.3 is 4.74 Å². The van der Waals surface area contributed by atoms with Crippen molar-refractivity contribution in [2.75, 3.05) is 6.61 Å². The molecule has 0 saturated carbocycles. The average molecular weight is 212 g/mol. The monoisotopic (exact) mass is 212 g/mol. The van der Waals surface area contributed by atoms with Crippen LogP contribution in [0.5, 0.6) is 0 Å². The first-order valence-electron chi connectivity index (χ1n) is 4.45. The molecule has 82 valence electrons. The maximum absolute atomic E-state index is 11.2. The molecule has 0 aromatic heterocycles. The van der Waals surface area contributed by atoms with Crippen LogP contribution in [0, 0.1) is 0 Å². The first-order valence-corrected chi connectivity index (χ1v) is 4.45. The highest BCUT2D eigenvalue weighted by Crippen LogP contribution is 2.20. The van der Waals surface area contributed by atoms with Gasteiger partial charge in [-0.05, 0) is 20.8 Å². The predicted octanol–water partition coefficient (Wildman–Crippen LogP) is 1.26. The van der Waals surface area contributed by atoms with Crippen molar-refractivity contribution >= 4 is 11.9 Å². The number of allylic oxidation sites excluding steroid dienone is 1. The average Bonchev–Trinajstić information content (AvgIpc) is 3.06. The Bertz CT molecular complexity index is 345. The fraction of sp³-hybridized carbons (Fsp3) is 0.400. The zero-order chi connectivity index (χ0) is 11.4. The SMILES string of the molecule is C/C=C(\C)C(=O)OOC(=O)/C(C)=C1/CO1. The third-order valence-electron chi connectivity index (χ3n) is 1.96. The molecule has 0 aliphatic carbocycles. The van der Waals surface area contributed by atoms with E-state index in [9.17, 15) is 9.59 Å². The lowest BCUT2D eigenvalue weighted by molar-refractivity contribution is -0.252. The molecule has 0 spiro atoms. The van der Waals surface area contributed by atoms with Gasteiger partial charge in [-0.15, -0.1) is 0 Å². The number of ether oxygens (including phenoxy) is 1. The highest BCUT2D eigenvalue weighted by atomic mass is 17.2. The van der Waals surface area contributed by atoms with E-state index in [0.29, 0.717) is 23.5 Å². The van der Waals surface area contributed by atoms with Crippen LogP contribution >= 0.6 is 0 Å². The van der Waals surface area contributed by atoms with E-state index < -0.39 is 11.9 Å². The van der Waals surface area contributed by atoms with Gasteiger partial charge in [0.15, 0.2) is 0 Å². The minimum absolute atomic E-state index is 0.320. The first kappa shape index (κ1) is 11.3. The summed E-state index contributed by atoms with van der Waals surface area (Å²) in [7, 11) is 0. The van der Waals surface area contributed by atoms with Crippen LogP contribution in [-0.2, 0) is 24.1 Å². The molecule has 1 heterocycles. The Morgan fingerprint density at radius 2 is 1.80 bits per heavy atom. The summed E-state index contributed by atoms with van der Waals surface area (Å²) in [6, 6.07) is 0. The molecule has 1 rings (SSSR count). The molecule has 5 nitrogen and oxygen atoms in total. The molecule has 0 bridgehead atoms. The van der Waals surface area contributed by atoms with Crippen LogP contribution in [0.2, 0.25) is 0 Å². The molecule has 0 amide bonds. The Hall–Kier alpha value is -1.78. The lowest BCUT2D eigenvalue weighted by Gasteiger charge is -2.01. The number of carbonyl (C=O) groups excluding carboxylic acids is 2. The Kier molecular flexibility index (Phi) is 3.49. The van der Waals surface area contributed by atoms with Gasteiger partial charge in [0.1, 0.15) is 12.4 Å². The van der Waals surface area contributed by atoms with Crippen molar-refractivity contribution in [2.45, 2.75) is 20.8 Å². The smallest absolute Gasteiger partial charge is 0.385 e. The Balaban J connectivity index is 2.41. The second-order valence-electron chi connectivity index (χ2n) is 3.05. The summed E-state index contributed by atoms with van der Waals surface area (Å²) in [6.45, 7) is 5.22. The van der Waals surface area contributed by atoms with Crippen LogP contribution < -0.4 is 0 Å². The summed E-state index contributed by atoms with van der Waals surface area (Å²) in [5.74, 6) is -0.820. The van der Waals surface area contributed by atoms with Gasteiger partial charge >= 0.3 is 11.9 Å². The molecule has 0 atom stereocenters. The maximum atomic E-state index is 11.2. The van der Waals surface area contributed by atoms with Gasteiger partial charge in [-0.1, -0.05) is 6.08 Å². The molecular formula is C10H12O5. The van der Waals surface area contributed by atoms with E-state index in [0.717, 1.165) is 0 Å². The molecule has 5 heteroatoms. The van der Waals surface area contributed by atoms with Crippen molar-refractivity contribution < 1.29 is 24.1 Å². The molecule has 1 fully saturated rings. The molecule has 0 unspecified atom stereocenters. The quantitative estimate of drug-likeness (QED) is 0.298. The van der Waals surface area contributed by atoms with Gasteiger partial charge in [-0.2, -0.15) is 0 Å². The van der Waals surface area contributed by atoms with Gasteiger partial charge in [0.05, 0.1) is 5.57 Å². The second-order valence-corrected chi connectivity index (χ2v) is 3.05. The van der Waals surface area contributed by atoms with Crippen molar-refractivity contribution in [3.8, 4) is 0 Å². The van der Waals surface area contributed by atoms with Crippen LogP contribution in [0.1, 0.15) is 20.8 Å². The molecule has 15 heavy (non-hydrogen) atoms. The van der Waals surface area contributed by atoms with Gasteiger partial charge in [0.25, 0.3) is 0 Å². The van der Waals surface area contributed by atoms with Gasteiger partial charge in [-0.25, -0.2) is 19.4 Å². The Labute approximate surface area is 87.2 Å². The minimum atomic E-state index is -0.709. The van der Waals surface area contributed by atoms with Gasteiger partial charge in [0, 0.05) is 5.57 Å². The van der Waals surface area contributed by atoms with E-state index in [4.69, 9.17) is 4.74 Å². The number of epoxide rings is 1. The molecule has 1 saturated heterocycles. The predicted molar refractivity (Wildman–Crippen MR) is 50.3 cm³/mol. The first-order chi connectivity index (χ1) is 7.06. The normalized spacial score (nSPS) is 17.7. The van der Waals surface area contributed by atoms with Crippen LogP contribution in [0.4, 0.5) is 0 Å². The fourth-order valence-electron chi connectivity index (χ4n) is 0.688. The van der Waals surface area contributed by atoms with Crippen LogP contribution in [-0.4, -0.2) is 18.5 Å². The third-order valence-corrected chi connectivity index (χ3v) is 1.96. The second kappa shape index (κ2) is 4.63. The number of hydrogen-bond acceptors (Lipinski definition) is 5. The molecular weight excluding hydrogens is 200 g/mol. The Morgan fingerprint density at radius 3 is 2.27 bits per heavy atom. The van der Waals surface area contributed by atoms with Gasteiger partial charge in [0.2, 0.25) is 0 Å². The van der Waals surface area contributed by atoms with Crippen molar-refractivity contribution in [1.29, 1.82) is 0 Å². The zero-order valence-electron chi connectivity index (χ0n) is 8.83. The highest BCUT2D eigenvalue weighted by molar-refractivity contribution is 5.91. The van der Waals surface area contributed by atoms with Crippen molar-refractivity contribution in [2.24, 2.45) is 0 Å². The summed E-state index contributed by atoms with van der Waals surface area (Å²) in [6.07, 6.45) is 1.56. The van der Waals surface area contributed by atoms with E-state index in [1.165, 1.54) is 0 Å². The minimum Gasteiger partial charge on any atom is -0.486 e. The van der Waals surface area contributed by atoms with Gasteiger partial charge in [-0.3, -0.25) is 0 Å². The number of carbonyl (C=O) groups is 2. The van der Waals surface area contributed by atoms with E-state index in [-0.39, 0.29) is 0 Å². The summed E-state index contributed by atoms with van der Waals surface area (Å²) >= 11 is 0. The maximum Gasteiger partial charge on any atom is 0.385 e. The number of rotatable bonds is 2. The van der Waals surface area contributed by atoms with Crippen LogP contribution in [0.3, 0.4) is 0 Å². The van der Waals surface area contributed by atoms with Crippen LogP contribution in [0.15, 0.2) is 23.0 Å². The molecule has 1 aliphatic rings. The fourth-order valence-corrected chi connectivity index (χ4v) is 0.688. The highest BCUT2D eigenvalue weighted by Gasteiger charge is 2.24. The van der Waals surface area contributed by atoms with E-state index >= 15 is 0 Å². The van der Waals surface area contributed by atoms with E-state index in [2.05, 4.69) is 9.78 Å².